The van der Waals surface area contributed by atoms with Crippen molar-refractivity contribution in [3.63, 3.8) is 0 Å². The van der Waals surface area contributed by atoms with E-state index in [9.17, 15) is 9.59 Å². The molecule has 0 saturated carbocycles. The third kappa shape index (κ3) is 6.79. The average molecular weight is 682 g/mol. The fourth-order valence-corrected chi connectivity index (χ4v) is 6.42. The van der Waals surface area contributed by atoms with Crippen LogP contribution in [0.5, 0.6) is 11.5 Å². The van der Waals surface area contributed by atoms with Crippen molar-refractivity contribution in [2.75, 3.05) is 13.7 Å². The lowest BCUT2D eigenvalue weighted by atomic mass is 9.93. The monoisotopic (exact) mass is 680 g/mol. The highest BCUT2D eigenvalue weighted by atomic mass is 79.9. The lowest BCUT2D eigenvalue weighted by molar-refractivity contribution is -0.139. The number of aromatic nitrogens is 1. The number of fused-ring (bicyclic) bond motifs is 1. The fraction of sp³-hybridized carbons (Fsp3) is 0.242. The minimum absolute atomic E-state index is 0.202. The molecule has 3 aromatic carbocycles. The van der Waals surface area contributed by atoms with Crippen molar-refractivity contribution in [1.29, 1.82) is 0 Å². The molecule has 5 rings (SSSR count). The second kappa shape index (κ2) is 13.8. The normalized spacial score (nSPS) is 14.7. The molecule has 43 heavy (non-hydrogen) atoms. The van der Waals surface area contributed by atoms with Crippen LogP contribution < -0.4 is 24.4 Å². The molecule has 0 amide bonds. The smallest absolute Gasteiger partial charge is 0.338 e. The summed E-state index contributed by atoms with van der Waals surface area (Å²) in [4.78, 5) is 32.8. The van der Waals surface area contributed by atoms with Gasteiger partial charge in [-0.25, -0.2) is 9.79 Å². The molecule has 0 spiro atoms. The van der Waals surface area contributed by atoms with E-state index in [0.29, 0.717) is 55.7 Å². The van der Waals surface area contributed by atoms with Gasteiger partial charge in [-0.2, -0.15) is 0 Å². The number of esters is 1. The van der Waals surface area contributed by atoms with E-state index in [-0.39, 0.29) is 12.2 Å². The Kier molecular flexibility index (Phi) is 9.85. The SMILES string of the molecule is CCCC1=C(C(=O)OCC)[C@H](c2cc(Br)ccc2OC)n2c(s/c(=C/c3ccc(OCc4ccc(Cl)cc4)cc3)c2=O)=N1. The second-order valence-electron chi connectivity index (χ2n) is 9.78. The Morgan fingerprint density at radius 3 is 2.51 bits per heavy atom. The summed E-state index contributed by atoms with van der Waals surface area (Å²) in [6.07, 6.45) is 3.16. The van der Waals surface area contributed by atoms with Crippen molar-refractivity contribution in [1.82, 2.24) is 4.57 Å². The molecular formula is C33H30BrClN2O5S. The zero-order valence-electron chi connectivity index (χ0n) is 23.9. The van der Waals surface area contributed by atoms with Gasteiger partial charge in [0.2, 0.25) is 0 Å². The number of rotatable bonds is 10. The van der Waals surface area contributed by atoms with Crippen LogP contribution in [0.4, 0.5) is 0 Å². The van der Waals surface area contributed by atoms with Crippen molar-refractivity contribution in [2.45, 2.75) is 39.3 Å². The molecule has 222 valence electrons. The zero-order valence-corrected chi connectivity index (χ0v) is 27.1. The van der Waals surface area contributed by atoms with Crippen LogP contribution in [0.25, 0.3) is 6.08 Å². The molecule has 7 nitrogen and oxygen atoms in total. The number of carbonyl (C=O) groups excluding carboxylic acids is 1. The van der Waals surface area contributed by atoms with Crippen LogP contribution in [-0.4, -0.2) is 24.3 Å². The molecule has 1 aromatic heterocycles. The number of ether oxygens (including phenoxy) is 3. The van der Waals surface area contributed by atoms with Crippen molar-refractivity contribution in [2.24, 2.45) is 4.99 Å². The maximum Gasteiger partial charge on any atom is 0.338 e. The number of methoxy groups -OCH3 is 1. The molecule has 10 heteroatoms. The summed E-state index contributed by atoms with van der Waals surface area (Å²) in [5, 5.41) is 0.680. The van der Waals surface area contributed by atoms with E-state index < -0.39 is 12.0 Å². The predicted molar refractivity (Wildman–Crippen MR) is 173 cm³/mol. The van der Waals surface area contributed by atoms with Crippen LogP contribution >= 0.6 is 38.9 Å². The predicted octanol–water partition coefficient (Wildman–Crippen LogP) is 6.58. The second-order valence-corrected chi connectivity index (χ2v) is 12.1. The van der Waals surface area contributed by atoms with E-state index in [1.54, 1.807) is 18.6 Å². The van der Waals surface area contributed by atoms with E-state index in [1.807, 2.05) is 79.7 Å². The summed E-state index contributed by atoms with van der Waals surface area (Å²) in [7, 11) is 1.57. The molecule has 0 saturated heterocycles. The Labute approximate surface area is 266 Å². The molecule has 1 aliphatic heterocycles. The summed E-state index contributed by atoms with van der Waals surface area (Å²) >= 11 is 10.8. The Morgan fingerprint density at radius 2 is 1.84 bits per heavy atom. The summed E-state index contributed by atoms with van der Waals surface area (Å²) in [5.41, 5.74) is 3.22. The number of hydrogen-bond donors (Lipinski definition) is 0. The van der Waals surface area contributed by atoms with E-state index in [4.69, 9.17) is 30.8 Å². The lowest BCUT2D eigenvalue weighted by Crippen LogP contribution is -2.40. The van der Waals surface area contributed by atoms with E-state index >= 15 is 0 Å². The van der Waals surface area contributed by atoms with E-state index in [0.717, 1.165) is 22.0 Å². The number of carbonyl (C=O) groups is 1. The van der Waals surface area contributed by atoms with Crippen molar-refractivity contribution < 1.29 is 19.0 Å². The number of thiazole rings is 1. The zero-order chi connectivity index (χ0) is 30.5. The van der Waals surface area contributed by atoms with Gasteiger partial charge in [-0.1, -0.05) is 76.5 Å². The molecule has 0 unspecified atom stereocenters. The standard InChI is InChI=1S/C33H30BrClN2O5S/c1-4-6-26-29(32(39)41-5-2)30(25-18-22(34)11-16-27(25)40-3)37-31(38)28(43-33(37)36-26)17-20-9-14-24(15-10-20)42-19-21-7-12-23(35)13-8-21/h7-18,30H,4-6,19H2,1-3H3/b28-17+/t30-/m0/s1. The summed E-state index contributed by atoms with van der Waals surface area (Å²) in [6, 6.07) is 19.8. The average Bonchev–Trinajstić information content (AvgIpc) is 3.31. The van der Waals surface area contributed by atoms with E-state index in [1.165, 1.54) is 11.3 Å². The topological polar surface area (TPSA) is 79.1 Å². The van der Waals surface area contributed by atoms with Crippen LogP contribution in [0.2, 0.25) is 5.02 Å². The first-order valence-electron chi connectivity index (χ1n) is 13.9. The fourth-order valence-electron chi connectivity index (χ4n) is 4.89. The number of halogens is 2. The Hall–Kier alpha value is -3.66. The van der Waals surface area contributed by atoms with Gasteiger partial charge in [-0.05, 0) is 73.0 Å². The lowest BCUT2D eigenvalue weighted by Gasteiger charge is -2.27. The van der Waals surface area contributed by atoms with Crippen LogP contribution in [0.1, 0.15) is 49.4 Å². The molecule has 0 fully saturated rings. The summed E-state index contributed by atoms with van der Waals surface area (Å²) in [6.45, 7) is 4.40. The molecule has 0 bridgehead atoms. The molecule has 0 radical (unpaired) electrons. The summed E-state index contributed by atoms with van der Waals surface area (Å²) < 4.78 is 20.0. The van der Waals surface area contributed by atoms with Gasteiger partial charge in [0.05, 0.1) is 29.5 Å². The first-order valence-corrected chi connectivity index (χ1v) is 15.8. The first kappa shape index (κ1) is 30.8. The Balaban J connectivity index is 1.57. The molecule has 1 atom stereocenters. The van der Waals surface area contributed by atoms with Crippen molar-refractivity contribution in [3.05, 3.63) is 124 Å². The van der Waals surface area contributed by atoms with Crippen molar-refractivity contribution in [3.8, 4) is 11.5 Å². The molecule has 1 aliphatic rings. The van der Waals surface area contributed by atoms with Crippen LogP contribution in [0.3, 0.4) is 0 Å². The highest BCUT2D eigenvalue weighted by Crippen LogP contribution is 2.38. The van der Waals surface area contributed by atoms with E-state index in [2.05, 4.69) is 15.9 Å². The van der Waals surface area contributed by atoms with Crippen LogP contribution in [0, 0.1) is 0 Å². The molecule has 0 N–H and O–H groups in total. The maximum absolute atomic E-state index is 14.0. The number of hydrogen-bond acceptors (Lipinski definition) is 7. The number of nitrogens with zero attached hydrogens (tertiary/aromatic N) is 2. The molecule has 2 heterocycles. The number of benzene rings is 3. The molecule has 4 aromatic rings. The third-order valence-electron chi connectivity index (χ3n) is 6.88. The molecule has 0 aliphatic carbocycles. The minimum Gasteiger partial charge on any atom is -0.496 e. The van der Waals surface area contributed by atoms with Crippen molar-refractivity contribution >= 4 is 50.9 Å². The minimum atomic E-state index is -0.768. The highest BCUT2D eigenvalue weighted by Gasteiger charge is 2.36. The van der Waals surface area contributed by atoms with Gasteiger partial charge >= 0.3 is 5.97 Å². The van der Waals surface area contributed by atoms with Gasteiger partial charge in [0.25, 0.3) is 5.56 Å². The first-order chi connectivity index (χ1) is 20.8. The largest absolute Gasteiger partial charge is 0.496 e. The Morgan fingerprint density at radius 1 is 1.09 bits per heavy atom. The van der Waals surface area contributed by atoms with Gasteiger partial charge in [0.1, 0.15) is 24.1 Å². The third-order valence-corrected chi connectivity index (χ3v) is 8.60. The number of allylic oxidation sites excluding steroid dienone is 1. The van der Waals surface area contributed by atoms with Gasteiger partial charge in [-0.15, -0.1) is 0 Å². The van der Waals surface area contributed by atoms with Crippen LogP contribution in [-0.2, 0) is 16.1 Å². The maximum atomic E-state index is 14.0. The van der Waals surface area contributed by atoms with Gasteiger partial charge < -0.3 is 14.2 Å². The highest BCUT2D eigenvalue weighted by molar-refractivity contribution is 9.10. The van der Waals surface area contributed by atoms with Gasteiger partial charge in [0.15, 0.2) is 4.80 Å². The van der Waals surface area contributed by atoms with Gasteiger partial charge in [0, 0.05) is 15.1 Å². The van der Waals surface area contributed by atoms with Gasteiger partial charge in [-0.3, -0.25) is 9.36 Å². The summed E-state index contributed by atoms with van der Waals surface area (Å²) in [5.74, 6) is 0.764. The Bertz CT molecular complexity index is 1850. The van der Waals surface area contributed by atoms with Crippen LogP contribution in [0.15, 0.2) is 92.3 Å². The molecular weight excluding hydrogens is 652 g/mol. The quantitative estimate of drug-likeness (QED) is 0.177.